The Bertz CT molecular complexity index is 2120. The van der Waals surface area contributed by atoms with Gasteiger partial charge in [0.15, 0.2) is 0 Å². The molecule has 1 unspecified atom stereocenters. The van der Waals surface area contributed by atoms with E-state index >= 15 is 0 Å². The Labute approximate surface area is 325 Å². The quantitative estimate of drug-likeness (QED) is 0.0626. The van der Waals surface area contributed by atoms with Gasteiger partial charge >= 0.3 is 24.1 Å². The standard InChI is InChI=1S/C40H38N4O6.C2HF3O2/c45-34-16-6-27(7-17-34)24-37(38(47)41-33-22-23-44(26-33)25-28-8-18-35(46)19-9-28)43-40(49)42-32-14-10-31(11-15-32)39(48)50-36-20-12-30(13-21-36)29-4-2-1-3-5-29;3-2(4,5)1(6)7/h1-21,33,37,45-46H,22-26H2,(H,41,47)(H2,42,43,49);(H,6,7)/t33?,37-;/m0./s1. The Morgan fingerprint density at radius 3 is 1.89 bits per heavy atom. The molecule has 0 bridgehead atoms. The van der Waals surface area contributed by atoms with Crippen molar-refractivity contribution < 1.29 is 52.4 Å². The average molecular weight is 785 g/mol. The van der Waals surface area contributed by atoms with E-state index in [0.717, 1.165) is 35.2 Å². The van der Waals surface area contributed by atoms with E-state index in [1.54, 1.807) is 60.7 Å². The minimum Gasteiger partial charge on any atom is -0.508 e. The SMILES string of the molecule is O=C(Nc1ccc(C(=O)Oc2ccc(-c3ccccc3)cc2)cc1)N[C@@H](Cc1ccc(O)cc1)C(=O)NC1CCN(Cc2ccc(O)cc2)C1.O=C(O)C(F)(F)F. The molecular weight excluding hydrogens is 745 g/mol. The molecule has 57 heavy (non-hydrogen) atoms. The number of aliphatic carboxylic acids is 1. The van der Waals surface area contributed by atoms with E-state index in [1.807, 2.05) is 54.6 Å². The fraction of sp³-hybridized carbons (Fsp3) is 0.190. The second-order valence-corrected chi connectivity index (χ2v) is 13.1. The second kappa shape index (κ2) is 19.1. The zero-order valence-electron chi connectivity index (χ0n) is 30.3. The number of nitrogens with zero attached hydrogens (tertiary/aromatic N) is 1. The number of phenols is 2. The summed E-state index contributed by atoms with van der Waals surface area (Å²) in [6.07, 6.45) is -4.11. The topological polar surface area (TPSA) is 178 Å². The van der Waals surface area contributed by atoms with Crippen LogP contribution < -0.4 is 20.7 Å². The smallest absolute Gasteiger partial charge is 0.490 e. The summed E-state index contributed by atoms with van der Waals surface area (Å²) in [4.78, 5) is 50.6. The number of carboxylic acid groups (broad SMARTS) is 1. The molecule has 1 heterocycles. The van der Waals surface area contributed by atoms with E-state index in [2.05, 4.69) is 20.9 Å². The van der Waals surface area contributed by atoms with Gasteiger partial charge in [-0.3, -0.25) is 9.69 Å². The number of hydrogen-bond donors (Lipinski definition) is 6. The van der Waals surface area contributed by atoms with Gasteiger partial charge in [-0.15, -0.1) is 0 Å². The van der Waals surface area contributed by atoms with Crippen molar-refractivity contribution in [3.05, 3.63) is 144 Å². The molecule has 2 atom stereocenters. The van der Waals surface area contributed by atoms with Crippen LogP contribution in [0.2, 0.25) is 0 Å². The summed E-state index contributed by atoms with van der Waals surface area (Å²) in [5, 5.41) is 35.0. The Morgan fingerprint density at radius 1 is 0.754 bits per heavy atom. The molecule has 296 valence electrons. The highest BCUT2D eigenvalue weighted by Gasteiger charge is 2.38. The van der Waals surface area contributed by atoms with Gasteiger partial charge in [-0.05, 0) is 89.3 Å². The minimum atomic E-state index is -5.08. The Kier molecular flexibility index (Phi) is 13.9. The number of alkyl halides is 3. The molecule has 15 heteroatoms. The van der Waals surface area contributed by atoms with Gasteiger partial charge in [0.1, 0.15) is 23.3 Å². The molecule has 0 radical (unpaired) electrons. The zero-order chi connectivity index (χ0) is 41.0. The summed E-state index contributed by atoms with van der Waals surface area (Å²) in [7, 11) is 0. The van der Waals surface area contributed by atoms with Gasteiger partial charge in [-0.1, -0.05) is 66.7 Å². The molecule has 3 amide bonds. The van der Waals surface area contributed by atoms with Crippen LogP contribution in [-0.4, -0.2) is 75.4 Å². The Balaban J connectivity index is 0.000000811. The van der Waals surface area contributed by atoms with Crippen LogP contribution in [0.1, 0.15) is 27.9 Å². The molecule has 12 nitrogen and oxygen atoms in total. The highest BCUT2D eigenvalue weighted by molar-refractivity contribution is 5.95. The molecule has 1 saturated heterocycles. The van der Waals surface area contributed by atoms with E-state index in [-0.39, 0.29) is 29.9 Å². The third-order valence-electron chi connectivity index (χ3n) is 8.75. The summed E-state index contributed by atoms with van der Waals surface area (Å²) in [6, 6.07) is 35.4. The number of urea groups is 1. The van der Waals surface area contributed by atoms with Crippen LogP contribution in [-0.2, 0) is 22.6 Å². The largest absolute Gasteiger partial charge is 0.508 e. The molecule has 5 aromatic carbocycles. The fourth-order valence-electron chi connectivity index (χ4n) is 5.86. The monoisotopic (exact) mass is 784 g/mol. The van der Waals surface area contributed by atoms with Gasteiger partial charge < -0.3 is 36.0 Å². The first-order valence-electron chi connectivity index (χ1n) is 17.7. The van der Waals surface area contributed by atoms with Crippen molar-refractivity contribution in [2.24, 2.45) is 0 Å². The first-order chi connectivity index (χ1) is 27.2. The van der Waals surface area contributed by atoms with E-state index in [9.17, 15) is 37.8 Å². The van der Waals surface area contributed by atoms with Crippen molar-refractivity contribution >= 4 is 29.6 Å². The predicted molar refractivity (Wildman–Crippen MR) is 205 cm³/mol. The maximum absolute atomic E-state index is 13.5. The number of carbonyl (C=O) groups excluding carboxylic acids is 3. The van der Waals surface area contributed by atoms with E-state index in [0.29, 0.717) is 30.1 Å². The summed E-state index contributed by atoms with van der Waals surface area (Å²) in [6.45, 7) is 2.15. The van der Waals surface area contributed by atoms with Gasteiger partial charge in [0, 0.05) is 37.8 Å². The third kappa shape index (κ3) is 12.9. The highest BCUT2D eigenvalue weighted by Crippen LogP contribution is 2.23. The minimum absolute atomic E-state index is 0.0964. The number of likely N-dealkylation sites (tertiary alicyclic amines) is 1. The lowest BCUT2D eigenvalue weighted by Gasteiger charge is -2.22. The van der Waals surface area contributed by atoms with Gasteiger partial charge in [0.05, 0.1) is 5.56 Å². The van der Waals surface area contributed by atoms with E-state index in [4.69, 9.17) is 14.6 Å². The summed E-state index contributed by atoms with van der Waals surface area (Å²) >= 11 is 0. The number of amides is 3. The molecule has 0 saturated carbocycles. The number of carbonyl (C=O) groups is 4. The highest BCUT2D eigenvalue weighted by atomic mass is 19.4. The normalized spacial score (nSPS) is 14.3. The van der Waals surface area contributed by atoms with E-state index < -0.39 is 30.2 Å². The lowest BCUT2D eigenvalue weighted by Crippen LogP contribution is -2.52. The summed E-state index contributed by atoms with van der Waals surface area (Å²) < 4.78 is 37.3. The summed E-state index contributed by atoms with van der Waals surface area (Å²) in [5.74, 6) is -2.87. The Hall–Kier alpha value is -6.87. The molecule has 0 spiro atoms. The molecule has 0 aromatic heterocycles. The first-order valence-corrected chi connectivity index (χ1v) is 17.7. The lowest BCUT2D eigenvalue weighted by atomic mass is 10.0. The molecular formula is C42H39F3N4O8. The third-order valence-corrected chi connectivity index (χ3v) is 8.75. The van der Waals surface area contributed by atoms with Gasteiger partial charge in [-0.2, -0.15) is 13.2 Å². The van der Waals surface area contributed by atoms with Crippen molar-refractivity contribution in [3.63, 3.8) is 0 Å². The van der Waals surface area contributed by atoms with Crippen molar-refractivity contribution in [1.82, 2.24) is 15.5 Å². The van der Waals surface area contributed by atoms with Crippen molar-refractivity contribution in [2.45, 2.75) is 37.6 Å². The fourth-order valence-corrected chi connectivity index (χ4v) is 5.86. The average Bonchev–Trinajstić information content (AvgIpc) is 3.63. The number of benzene rings is 5. The Morgan fingerprint density at radius 2 is 1.32 bits per heavy atom. The molecule has 0 aliphatic carbocycles. The van der Waals surface area contributed by atoms with Crippen LogP contribution in [0.4, 0.5) is 23.7 Å². The van der Waals surface area contributed by atoms with Crippen LogP contribution in [0.3, 0.4) is 0 Å². The van der Waals surface area contributed by atoms with Gasteiger partial charge in [-0.25, -0.2) is 14.4 Å². The first kappa shape index (κ1) is 41.3. The number of nitrogens with one attached hydrogen (secondary N) is 3. The number of esters is 1. The van der Waals surface area contributed by atoms with Crippen molar-refractivity contribution in [3.8, 4) is 28.4 Å². The predicted octanol–water partition coefficient (Wildman–Crippen LogP) is 6.74. The van der Waals surface area contributed by atoms with Crippen molar-refractivity contribution in [2.75, 3.05) is 18.4 Å². The van der Waals surface area contributed by atoms with Crippen LogP contribution in [0.5, 0.6) is 17.2 Å². The second-order valence-electron chi connectivity index (χ2n) is 13.1. The number of rotatable bonds is 11. The number of halogens is 3. The van der Waals surface area contributed by atoms with Crippen LogP contribution in [0.25, 0.3) is 11.1 Å². The van der Waals surface area contributed by atoms with Crippen LogP contribution >= 0.6 is 0 Å². The number of aromatic hydroxyl groups is 2. The van der Waals surface area contributed by atoms with Crippen molar-refractivity contribution in [1.29, 1.82) is 0 Å². The number of phenolic OH excluding ortho intramolecular Hbond substituents is 2. The number of anilines is 1. The molecule has 6 N–H and O–H groups in total. The van der Waals surface area contributed by atoms with E-state index in [1.165, 1.54) is 12.1 Å². The summed E-state index contributed by atoms with van der Waals surface area (Å²) in [5.41, 5.74) is 4.64. The van der Waals surface area contributed by atoms with Gasteiger partial charge in [0.2, 0.25) is 5.91 Å². The number of ether oxygens (including phenoxy) is 1. The molecule has 6 rings (SSSR count). The lowest BCUT2D eigenvalue weighted by molar-refractivity contribution is -0.192. The maximum Gasteiger partial charge on any atom is 0.490 e. The molecule has 1 fully saturated rings. The number of hydrogen-bond acceptors (Lipinski definition) is 8. The maximum atomic E-state index is 13.5. The molecule has 5 aromatic rings. The number of carboxylic acids is 1. The molecule has 1 aliphatic heterocycles. The zero-order valence-corrected chi connectivity index (χ0v) is 30.3. The molecule has 1 aliphatic rings. The van der Waals surface area contributed by atoms with Crippen LogP contribution in [0, 0.1) is 0 Å². The van der Waals surface area contributed by atoms with Crippen LogP contribution in [0.15, 0.2) is 127 Å². The van der Waals surface area contributed by atoms with Gasteiger partial charge in [0.25, 0.3) is 0 Å².